The number of methoxy groups -OCH3 is 1. The van der Waals surface area contributed by atoms with Crippen LogP contribution in [-0.2, 0) is 0 Å². The summed E-state index contributed by atoms with van der Waals surface area (Å²) in [4.78, 5) is 8.56. The number of rotatable bonds is 4. The van der Waals surface area contributed by atoms with Crippen molar-refractivity contribution < 1.29 is 14.3 Å². The minimum atomic E-state index is -0.279. The molecule has 5 nitrogen and oxygen atoms in total. The molecule has 1 N–H and O–H groups in total. The zero-order valence-corrected chi connectivity index (χ0v) is 13.8. The zero-order chi connectivity index (χ0) is 16.2. The van der Waals surface area contributed by atoms with E-state index < -0.39 is 0 Å². The standard InChI is InChI=1S/C17H13BrN2O3/c1-22-12-6-4-5-11(9-12)16-20-15(17(21)23-16)10-19-14-8-3-2-7-13(14)18/h2-10,21H,1H3. The van der Waals surface area contributed by atoms with Crippen molar-refractivity contribution >= 4 is 27.8 Å². The first-order valence-corrected chi connectivity index (χ1v) is 7.59. The van der Waals surface area contributed by atoms with Gasteiger partial charge in [-0.2, -0.15) is 0 Å². The number of aromatic nitrogens is 1. The second kappa shape index (κ2) is 6.66. The Morgan fingerprint density at radius 2 is 2.04 bits per heavy atom. The average Bonchev–Trinajstić information content (AvgIpc) is 2.95. The summed E-state index contributed by atoms with van der Waals surface area (Å²) in [5.74, 6) is 0.706. The highest BCUT2D eigenvalue weighted by atomic mass is 79.9. The fraction of sp³-hybridized carbons (Fsp3) is 0.0588. The zero-order valence-electron chi connectivity index (χ0n) is 12.2. The van der Waals surface area contributed by atoms with Crippen LogP contribution in [0.1, 0.15) is 5.69 Å². The van der Waals surface area contributed by atoms with Crippen LogP contribution in [0.5, 0.6) is 11.7 Å². The van der Waals surface area contributed by atoms with Crippen LogP contribution in [0.2, 0.25) is 0 Å². The molecule has 1 aromatic heterocycles. The van der Waals surface area contributed by atoms with Crippen molar-refractivity contribution in [2.75, 3.05) is 7.11 Å². The third-order valence-corrected chi connectivity index (χ3v) is 3.80. The lowest BCUT2D eigenvalue weighted by atomic mass is 10.2. The Bertz CT molecular complexity index is 859. The van der Waals surface area contributed by atoms with Crippen LogP contribution in [0.4, 0.5) is 5.69 Å². The number of nitrogens with zero attached hydrogens (tertiary/aromatic N) is 2. The van der Waals surface area contributed by atoms with Crippen molar-refractivity contribution in [3.05, 3.63) is 58.7 Å². The molecule has 0 aliphatic carbocycles. The molecule has 0 amide bonds. The van der Waals surface area contributed by atoms with Gasteiger partial charge in [0.05, 0.1) is 19.0 Å². The van der Waals surface area contributed by atoms with Crippen molar-refractivity contribution in [2.45, 2.75) is 0 Å². The van der Waals surface area contributed by atoms with Crippen molar-refractivity contribution in [1.29, 1.82) is 0 Å². The molecule has 2 aromatic carbocycles. The van der Waals surface area contributed by atoms with Crippen LogP contribution in [-0.4, -0.2) is 23.4 Å². The van der Waals surface area contributed by atoms with Gasteiger partial charge >= 0.3 is 5.95 Å². The molecule has 0 saturated carbocycles. The van der Waals surface area contributed by atoms with Gasteiger partial charge in [-0.3, -0.25) is 4.99 Å². The number of hydrogen-bond donors (Lipinski definition) is 1. The molecule has 0 fully saturated rings. The minimum Gasteiger partial charge on any atom is -0.497 e. The van der Waals surface area contributed by atoms with E-state index in [4.69, 9.17) is 9.15 Å². The quantitative estimate of drug-likeness (QED) is 0.681. The molecule has 0 aliphatic heterocycles. The number of aromatic hydroxyl groups is 1. The Morgan fingerprint density at radius 1 is 1.22 bits per heavy atom. The predicted molar refractivity (Wildman–Crippen MR) is 91.6 cm³/mol. The number of hydrogen-bond acceptors (Lipinski definition) is 5. The summed E-state index contributed by atoms with van der Waals surface area (Å²) in [7, 11) is 1.59. The van der Waals surface area contributed by atoms with Crippen molar-refractivity contribution in [2.24, 2.45) is 4.99 Å². The van der Waals surface area contributed by atoms with Gasteiger partial charge in [0, 0.05) is 10.0 Å². The van der Waals surface area contributed by atoms with E-state index in [-0.39, 0.29) is 11.6 Å². The van der Waals surface area contributed by atoms with Crippen LogP contribution < -0.4 is 4.74 Å². The third kappa shape index (κ3) is 3.43. The van der Waals surface area contributed by atoms with Gasteiger partial charge in [-0.05, 0) is 46.3 Å². The van der Waals surface area contributed by atoms with E-state index in [1.54, 1.807) is 13.2 Å². The van der Waals surface area contributed by atoms with Crippen LogP contribution >= 0.6 is 15.9 Å². The van der Waals surface area contributed by atoms with E-state index in [0.29, 0.717) is 17.2 Å². The maximum absolute atomic E-state index is 9.90. The summed E-state index contributed by atoms with van der Waals surface area (Å²) >= 11 is 3.41. The monoisotopic (exact) mass is 372 g/mol. The smallest absolute Gasteiger partial charge is 0.312 e. The first-order chi connectivity index (χ1) is 11.2. The van der Waals surface area contributed by atoms with Crippen molar-refractivity contribution in [3.63, 3.8) is 0 Å². The highest BCUT2D eigenvalue weighted by Crippen LogP contribution is 2.29. The van der Waals surface area contributed by atoms with E-state index >= 15 is 0 Å². The van der Waals surface area contributed by atoms with Gasteiger partial charge in [0.25, 0.3) is 0 Å². The fourth-order valence-corrected chi connectivity index (χ4v) is 2.36. The van der Waals surface area contributed by atoms with Gasteiger partial charge in [-0.15, -0.1) is 0 Å². The minimum absolute atomic E-state index is 0.263. The van der Waals surface area contributed by atoms with Gasteiger partial charge in [0.15, 0.2) is 5.69 Å². The van der Waals surface area contributed by atoms with Gasteiger partial charge < -0.3 is 14.3 Å². The highest BCUT2D eigenvalue weighted by molar-refractivity contribution is 9.10. The number of aliphatic imine (C=N–C) groups is 1. The van der Waals surface area contributed by atoms with E-state index in [1.165, 1.54) is 6.21 Å². The average molecular weight is 373 g/mol. The maximum Gasteiger partial charge on any atom is 0.312 e. The predicted octanol–water partition coefficient (Wildman–Crippen LogP) is 4.57. The molecule has 0 spiro atoms. The number of para-hydroxylation sites is 1. The maximum atomic E-state index is 9.90. The number of benzene rings is 2. The first-order valence-electron chi connectivity index (χ1n) is 6.80. The van der Waals surface area contributed by atoms with Crippen molar-refractivity contribution in [3.8, 4) is 23.1 Å². The van der Waals surface area contributed by atoms with Gasteiger partial charge in [-0.1, -0.05) is 18.2 Å². The Hall–Kier alpha value is -2.60. The second-order valence-corrected chi connectivity index (χ2v) is 5.51. The Labute approximate surface area is 141 Å². The summed E-state index contributed by atoms with van der Waals surface area (Å²) in [5, 5.41) is 9.90. The number of ether oxygens (including phenoxy) is 1. The molecule has 3 rings (SSSR count). The highest BCUT2D eigenvalue weighted by Gasteiger charge is 2.13. The summed E-state index contributed by atoms with van der Waals surface area (Å²) in [6.45, 7) is 0. The fourth-order valence-electron chi connectivity index (χ4n) is 1.97. The molecule has 1 heterocycles. The topological polar surface area (TPSA) is 67.9 Å². The normalized spacial score (nSPS) is 11.0. The van der Waals surface area contributed by atoms with E-state index in [9.17, 15) is 5.11 Å². The van der Waals surface area contributed by atoms with Crippen molar-refractivity contribution in [1.82, 2.24) is 4.98 Å². The molecule has 0 atom stereocenters. The number of halogens is 1. The second-order valence-electron chi connectivity index (χ2n) is 4.65. The summed E-state index contributed by atoms with van der Waals surface area (Å²) < 4.78 is 11.3. The Morgan fingerprint density at radius 3 is 2.83 bits per heavy atom. The molecule has 6 heteroatoms. The SMILES string of the molecule is COc1cccc(-c2nc(C=Nc3ccccc3Br)c(O)o2)c1. The molecular weight excluding hydrogens is 360 g/mol. The Kier molecular flexibility index (Phi) is 4.43. The molecule has 0 bridgehead atoms. The summed E-state index contributed by atoms with van der Waals surface area (Å²) in [5.41, 5.74) is 1.71. The summed E-state index contributed by atoms with van der Waals surface area (Å²) in [6, 6.07) is 14.8. The van der Waals surface area contributed by atoms with E-state index in [1.807, 2.05) is 42.5 Å². The molecule has 0 saturated heterocycles. The van der Waals surface area contributed by atoms with Gasteiger partial charge in [0.1, 0.15) is 5.75 Å². The molecule has 3 aromatic rings. The van der Waals surface area contributed by atoms with Crippen LogP contribution in [0.15, 0.2) is 62.4 Å². The Balaban J connectivity index is 1.90. The van der Waals surface area contributed by atoms with Crippen LogP contribution in [0, 0.1) is 0 Å². The third-order valence-electron chi connectivity index (χ3n) is 3.13. The lowest BCUT2D eigenvalue weighted by Crippen LogP contribution is -1.85. The first kappa shape index (κ1) is 15.3. The molecule has 0 unspecified atom stereocenters. The van der Waals surface area contributed by atoms with E-state index in [2.05, 4.69) is 25.9 Å². The molecular formula is C17H13BrN2O3. The number of oxazole rings is 1. The molecule has 0 aliphatic rings. The van der Waals surface area contributed by atoms with Gasteiger partial charge in [-0.25, -0.2) is 4.98 Å². The molecule has 23 heavy (non-hydrogen) atoms. The lowest BCUT2D eigenvalue weighted by molar-refractivity contribution is 0.336. The van der Waals surface area contributed by atoms with Crippen LogP contribution in [0.25, 0.3) is 11.5 Å². The molecule has 0 radical (unpaired) electrons. The lowest BCUT2D eigenvalue weighted by Gasteiger charge is -2.00. The van der Waals surface area contributed by atoms with Crippen LogP contribution in [0.3, 0.4) is 0 Å². The van der Waals surface area contributed by atoms with Gasteiger partial charge in [0.2, 0.25) is 5.89 Å². The largest absolute Gasteiger partial charge is 0.497 e. The molecule has 116 valence electrons. The summed E-state index contributed by atoms with van der Waals surface area (Å²) in [6.07, 6.45) is 1.46. The van der Waals surface area contributed by atoms with E-state index in [0.717, 1.165) is 10.2 Å².